The van der Waals surface area contributed by atoms with Crippen LogP contribution in [-0.2, 0) is 14.4 Å². The van der Waals surface area contributed by atoms with Crippen LogP contribution in [0.25, 0.3) is 0 Å². The first-order valence-electron chi connectivity index (χ1n) is 3.84. The first-order valence-corrected chi connectivity index (χ1v) is 4.48. The Kier molecular flexibility index (Phi) is 5.70. The molecule has 0 radical (unpaired) electrons. The van der Waals surface area contributed by atoms with Gasteiger partial charge in [-0.05, 0) is 0 Å². The molecule has 2 amide bonds. The molecular formula is C7H12N2O4S. The van der Waals surface area contributed by atoms with E-state index in [0.29, 0.717) is 0 Å². The van der Waals surface area contributed by atoms with E-state index in [-0.39, 0.29) is 18.2 Å². The van der Waals surface area contributed by atoms with Gasteiger partial charge in [0, 0.05) is 12.7 Å². The number of carbonyl (C=O) groups excluding carboxylic acids is 2. The van der Waals surface area contributed by atoms with Crippen molar-refractivity contribution in [2.75, 3.05) is 12.3 Å². The van der Waals surface area contributed by atoms with Gasteiger partial charge in [-0.2, -0.15) is 12.6 Å². The van der Waals surface area contributed by atoms with Gasteiger partial charge in [0.05, 0.1) is 6.54 Å². The van der Waals surface area contributed by atoms with Crippen molar-refractivity contribution in [3.8, 4) is 0 Å². The van der Waals surface area contributed by atoms with Gasteiger partial charge in [-0.1, -0.05) is 0 Å². The molecule has 0 saturated heterocycles. The predicted molar refractivity (Wildman–Crippen MR) is 52.1 cm³/mol. The molecule has 14 heavy (non-hydrogen) atoms. The molecule has 3 N–H and O–H groups in total. The van der Waals surface area contributed by atoms with Crippen LogP contribution in [0.5, 0.6) is 0 Å². The van der Waals surface area contributed by atoms with Gasteiger partial charge in [0.25, 0.3) is 0 Å². The van der Waals surface area contributed by atoms with E-state index in [1.807, 2.05) is 0 Å². The topological polar surface area (TPSA) is 95.5 Å². The molecule has 80 valence electrons. The van der Waals surface area contributed by atoms with Gasteiger partial charge in [-0.3, -0.25) is 9.59 Å². The highest BCUT2D eigenvalue weighted by Crippen LogP contribution is 1.87. The average Bonchev–Trinajstić information content (AvgIpc) is 2.10. The molecule has 0 rings (SSSR count). The van der Waals surface area contributed by atoms with Crippen molar-refractivity contribution < 1.29 is 19.5 Å². The molecule has 6 nitrogen and oxygen atoms in total. The molecular weight excluding hydrogens is 208 g/mol. The Hall–Kier alpha value is -1.24. The van der Waals surface area contributed by atoms with Crippen LogP contribution < -0.4 is 10.6 Å². The van der Waals surface area contributed by atoms with Crippen LogP contribution in [0, 0.1) is 0 Å². The molecule has 0 aliphatic carbocycles. The average molecular weight is 220 g/mol. The summed E-state index contributed by atoms with van der Waals surface area (Å²) in [6.07, 6.45) is 0. The quantitative estimate of drug-likeness (QED) is 0.429. The second-order valence-electron chi connectivity index (χ2n) is 2.55. The molecule has 1 atom stereocenters. The SMILES string of the molecule is CC(=O)NCC(=O)N[C@@H](CS)C(=O)O. The molecule has 0 unspecified atom stereocenters. The number of carboxylic acids is 1. The summed E-state index contributed by atoms with van der Waals surface area (Å²) in [7, 11) is 0. The second kappa shape index (κ2) is 6.25. The summed E-state index contributed by atoms with van der Waals surface area (Å²) in [6.45, 7) is 1.04. The summed E-state index contributed by atoms with van der Waals surface area (Å²) in [5, 5.41) is 13.0. The lowest BCUT2D eigenvalue weighted by molar-refractivity contribution is -0.141. The number of aliphatic carboxylic acids is 1. The summed E-state index contributed by atoms with van der Waals surface area (Å²) in [5.41, 5.74) is 0. The van der Waals surface area contributed by atoms with E-state index in [1.54, 1.807) is 0 Å². The predicted octanol–water partition coefficient (Wildman–Crippen LogP) is -1.38. The molecule has 0 aromatic rings. The van der Waals surface area contributed by atoms with Crippen molar-refractivity contribution >= 4 is 30.4 Å². The molecule has 0 fully saturated rings. The van der Waals surface area contributed by atoms with Crippen molar-refractivity contribution in [3.05, 3.63) is 0 Å². The molecule has 0 spiro atoms. The van der Waals surface area contributed by atoms with Crippen LogP contribution in [0.15, 0.2) is 0 Å². The van der Waals surface area contributed by atoms with Crippen molar-refractivity contribution in [2.45, 2.75) is 13.0 Å². The van der Waals surface area contributed by atoms with Crippen LogP contribution in [0.1, 0.15) is 6.92 Å². The van der Waals surface area contributed by atoms with Gasteiger partial charge in [0.1, 0.15) is 6.04 Å². The molecule has 0 bridgehead atoms. The fourth-order valence-corrected chi connectivity index (χ4v) is 0.883. The lowest BCUT2D eigenvalue weighted by Gasteiger charge is -2.11. The molecule has 0 aliphatic rings. The van der Waals surface area contributed by atoms with Gasteiger partial charge < -0.3 is 15.7 Å². The normalized spacial score (nSPS) is 11.6. The highest BCUT2D eigenvalue weighted by atomic mass is 32.1. The van der Waals surface area contributed by atoms with Crippen LogP contribution in [-0.4, -0.2) is 41.2 Å². The maximum absolute atomic E-state index is 11.0. The van der Waals surface area contributed by atoms with Gasteiger partial charge in [0.15, 0.2) is 0 Å². The fourth-order valence-electron chi connectivity index (χ4n) is 0.636. The van der Waals surface area contributed by atoms with E-state index in [4.69, 9.17) is 5.11 Å². The zero-order valence-corrected chi connectivity index (χ0v) is 8.51. The van der Waals surface area contributed by atoms with Gasteiger partial charge in [-0.25, -0.2) is 4.79 Å². The molecule has 0 aromatic carbocycles. The maximum Gasteiger partial charge on any atom is 0.327 e. The Morgan fingerprint density at radius 1 is 1.43 bits per heavy atom. The zero-order chi connectivity index (χ0) is 11.1. The Morgan fingerprint density at radius 3 is 2.36 bits per heavy atom. The number of hydrogen-bond acceptors (Lipinski definition) is 4. The standard InChI is InChI=1S/C7H12N2O4S/c1-4(10)8-2-6(11)9-5(3-14)7(12)13/h5,14H,2-3H2,1H3,(H,8,10)(H,9,11)(H,12,13)/t5-/m0/s1. The van der Waals surface area contributed by atoms with Gasteiger partial charge in [-0.15, -0.1) is 0 Å². The van der Waals surface area contributed by atoms with Crippen molar-refractivity contribution in [3.63, 3.8) is 0 Å². The number of hydrogen-bond donors (Lipinski definition) is 4. The zero-order valence-electron chi connectivity index (χ0n) is 7.61. The highest BCUT2D eigenvalue weighted by molar-refractivity contribution is 7.80. The Labute approximate surface area is 86.5 Å². The number of rotatable bonds is 5. The van der Waals surface area contributed by atoms with Gasteiger partial charge >= 0.3 is 5.97 Å². The minimum Gasteiger partial charge on any atom is -0.480 e. The third kappa shape index (κ3) is 5.41. The summed E-state index contributed by atoms with van der Waals surface area (Å²) in [5.74, 6) is -2.06. The third-order valence-electron chi connectivity index (χ3n) is 1.31. The minimum atomic E-state index is -1.16. The van der Waals surface area contributed by atoms with E-state index in [2.05, 4.69) is 23.3 Å². The molecule has 7 heteroatoms. The van der Waals surface area contributed by atoms with Crippen LogP contribution >= 0.6 is 12.6 Å². The van der Waals surface area contributed by atoms with Crippen LogP contribution in [0.2, 0.25) is 0 Å². The summed E-state index contributed by atoms with van der Waals surface area (Å²) < 4.78 is 0. The van der Waals surface area contributed by atoms with E-state index in [9.17, 15) is 14.4 Å². The number of carbonyl (C=O) groups is 3. The van der Waals surface area contributed by atoms with E-state index < -0.39 is 17.9 Å². The van der Waals surface area contributed by atoms with Gasteiger partial charge in [0.2, 0.25) is 11.8 Å². The van der Waals surface area contributed by atoms with Crippen LogP contribution in [0.3, 0.4) is 0 Å². The minimum absolute atomic E-state index is 0.00114. The second-order valence-corrected chi connectivity index (χ2v) is 2.92. The van der Waals surface area contributed by atoms with Crippen LogP contribution in [0.4, 0.5) is 0 Å². The lowest BCUT2D eigenvalue weighted by atomic mass is 10.3. The van der Waals surface area contributed by atoms with Crippen molar-refractivity contribution in [2.24, 2.45) is 0 Å². The lowest BCUT2D eigenvalue weighted by Crippen LogP contribution is -2.46. The highest BCUT2D eigenvalue weighted by Gasteiger charge is 2.17. The number of nitrogens with one attached hydrogen (secondary N) is 2. The number of carboxylic acid groups (broad SMARTS) is 1. The smallest absolute Gasteiger partial charge is 0.327 e. The first-order chi connectivity index (χ1) is 6.47. The summed E-state index contributed by atoms with van der Waals surface area (Å²) in [4.78, 5) is 31.9. The Morgan fingerprint density at radius 2 is 2.00 bits per heavy atom. The first kappa shape index (κ1) is 12.8. The van der Waals surface area contributed by atoms with E-state index in [0.717, 1.165) is 0 Å². The molecule has 0 aliphatic heterocycles. The fraction of sp³-hybridized carbons (Fsp3) is 0.571. The monoisotopic (exact) mass is 220 g/mol. The Bertz CT molecular complexity index is 244. The molecule has 0 saturated carbocycles. The Balaban J connectivity index is 3.91. The largest absolute Gasteiger partial charge is 0.480 e. The third-order valence-corrected chi connectivity index (χ3v) is 1.68. The van der Waals surface area contributed by atoms with E-state index >= 15 is 0 Å². The maximum atomic E-state index is 11.0. The van der Waals surface area contributed by atoms with Crippen molar-refractivity contribution in [1.29, 1.82) is 0 Å². The molecule has 0 heterocycles. The number of amides is 2. The summed E-state index contributed by atoms with van der Waals surface area (Å²) in [6, 6.07) is -1.03. The molecule has 0 aromatic heterocycles. The van der Waals surface area contributed by atoms with Crippen molar-refractivity contribution in [1.82, 2.24) is 10.6 Å². The summed E-state index contributed by atoms with van der Waals surface area (Å²) >= 11 is 3.76. The number of thiol groups is 1. The van der Waals surface area contributed by atoms with E-state index in [1.165, 1.54) is 6.92 Å².